The number of carbonyl (C=O) groups excluding carboxylic acids is 3. The van der Waals surface area contributed by atoms with Crippen molar-refractivity contribution in [1.29, 1.82) is 0 Å². The number of hydrogen-bond acceptors (Lipinski definition) is 6. The van der Waals surface area contributed by atoms with Crippen LogP contribution in [0, 0.1) is 13.8 Å². The van der Waals surface area contributed by atoms with Gasteiger partial charge >= 0.3 is 0 Å². The predicted octanol–water partition coefficient (Wildman–Crippen LogP) is 2.66. The van der Waals surface area contributed by atoms with E-state index in [1.54, 1.807) is 17.8 Å². The van der Waals surface area contributed by atoms with Gasteiger partial charge in [-0.25, -0.2) is 0 Å². The first kappa shape index (κ1) is 23.5. The fraction of sp³-hybridized carbons (Fsp3) is 0.292. The van der Waals surface area contributed by atoms with E-state index < -0.39 is 0 Å². The monoisotopic (exact) mass is 479 g/mol. The largest absolute Gasteiger partial charge is 0.354 e. The summed E-state index contributed by atoms with van der Waals surface area (Å²) in [6.45, 7) is 3.97. The van der Waals surface area contributed by atoms with Crippen molar-refractivity contribution in [1.82, 2.24) is 25.0 Å². The first-order valence-corrected chi connectivity index (χ1v) is 11.7. The predicted molar refractivity (Wildman–Crippen MR) is 131 cm³/mol. The van der Waals surface area contributed by atoms with Gasteiger partial charge in [-0.15, -0.1) is 0 Å². The second-order valence-electron chi connectivity index (χ2n) is 8.08. The molecule has 1 saturated heterocycles. The van der Waals surface area contributed by atoms with Crippen LogP contribution in [0.25, 0.3) is 17.1 Å². The van der Waals surface area contributed by atoms with Gasteiger partial charge < -0.3 is 10.3 Å². The number of fused-ring (bicyclic) bond motifs is 1. The highest BCUT2D eigenvalue weighted by Gasteiger charge is 2.34. The summed E-state index contributed by atoms with van der Waals surface area (Å²) in [5.41, 5.74) is 3.45. The van der Waals surface area contributed by atoms with E-state index in [1.807, 2.05) is 44.2 Å². The fourth-order valence-corrected chi connectivity index (χ4v) is 4.95. The number of aryl methyl sites for hydroxylation is 3. The Kier molecular flexibility index (Phi) is 6.69. The summed E-state index contributed by atoms with van der Waals surface area (Å²) in [7, 11) is 1.77. The minimum atomic E-state index is -0.365. The normalized spacial score (nSPS) is 15.0. The maximum Gasteiger partial charge on any atom is 0.293 e. The van der Waals surface area contributed by atoms with Crippen LogP contribution >= 0.6 is 11.8 Å². The van der Waals surface area contributed by atoms with Gasteiger partial charge in [-0.1, -0.05) is 30.3 Å². The molecule has 176 valence electrons. The molecule has 0 saturated carbocycles. The molecule has 1 aromatic carbocycles. The average Bonchev–Trinajstić information content (AvgIpc) is 3.23. The van der Waals surface area contributed by atoms with Crippen LogP contribution < -0.4 is 10.9 Å². The van der Waals surface area contributed by atoms with Crippen LogP contribution in [0.1, 0.15) is 28.8 Å². The zero-order valence-corrected chi connectivity index (χ0v) is 20.0. The van der Waals surface area contributed by atoms with Gasteiger partial charge in [0.1, 0.15) is 5.65 Å². The number of imide groups is 1. The van der Waals surface area contributed by atoms with Crippen molar-refractivity contribution in [3.63, 3.8) is 0 Å². The molecule has 0 unspecified atom stereocenters. The van der Waals surface area contributed by atoms with Crippen molar-refractivity contribution >= 4 is 45.9 Å². The Labute approximate surface area is 200 Å². The summed E-state index contributed by atoms with van der Waals surface area (Å²) in [5.74, 6) is -0.621. The minimum Gasteiger partial charge on any atom is -0.354 e. The second kappa shape index (κ2) is 9.68. The lowest BCUT2D eigenvalue weighted by atomic mass is 10.0. The lowest BCUT2D eigenvalue weighted by Gasteiger charge is -2.13. The number of thioether (sulfide) groups is 1. The summed E-state index contributed by atoms with van der Waals surface area (Å²) < 4.78 is 1.63. The molecule has 3 aromatic rings. The Hall–Kier alpha value is -3.66. The fourth-order valence-electron chi connectivity index (χ4n) is 4.08. The van der Waals surface area contributed by atoms with Crippen LogP contribution in [0.3, 0.4) is 0 Å². The van der Waals surface area contributed by atoms with E-state index in [0.717, 1.165) is 38.9 Å². The molecule has 1 fully saturated rings. The van der Waals surface area contributed by atoms with Crippen molar-refractivity contribution in [2.75, 3.05) is 13.1 Å². The molecular formula is C24H25N5O4S. The maximum absolute atomic E-state index is 12.6. The molecule has 2 aromatic heterocycles. The zero-order chi connectivity index (χ0) is 24.4. The average molecular weight is 480 g/mol. The molecule has 0 radical (unpaired) electrons. The van der Waals surface area contributed by atoms with Crippen LogP contribution in [0.2, 0.25) is 0 Å². The maximum atomic E-state index is 12.6. The number of amides is 3. The molecular weight excluding hydrogens is 454 g/mol. The zero-order valence-electron chi connectivity index (χ0n) is 19.2. The summed E-state index contributed by atoms with van der Waals surface area (Å²) in [4.78, 5) is 54.1. The number of rotatable bonds is 7. The van der Waals surface area contributed by atoms with E-state index in [2.05, 4.69) is 15.4 Å². The van der Waals surface area contributed by atoms with E-state index in [0.29, 0.717) is 16.1 Å². The standard InChI is InChI=1S/C24H25N5O4S/c1-14-17(22(31)26-21-20(14)15(2)27-28(21)3)9-10-19(30)25-11-12-29-23(32)18(34-24(29)33)13-16-7-5-4-6-8-16/h4-8,13H,9-12H2,1-3H3,(H,25,30)(H,26,31)/b18-13+. The van der Waals surface area contributed by atoms with Gasteiger partial charge in [0.25, 0.3) is 16.7 Å². The highest BCUT2D eigenvalue weighted by Crippen LogP contribution is 2.31. The van der Waals surface area contributed by atoms with Gasteiger partial charge in [0.05, 0.1) is 10.6 Å². The van der Waals surface area contributed by atoms with Crippen molar-refractivity contribution in [2.45, 2.75) is 26.7 Å². The van der Waals surface area contributed by atoms with E-state index in [9.17, 15) is 19.2 Å². The molecule has 3 heterocycles. The highest BCUT2D eigenvalue weighted by atomic mass is 32.2. The molecule has 0 aliphatic carbocycles. The Bertz CT molecular complexity index is 1370. The lowest BCUT2D eigenvalue weighted by molar-refractivity contribution is -0.124. The molecule has 2 N–H and O–H groups in total. The van der Waals surface area contributed by atoms with E-state index in [-0.39, 0.29) is 48.5 Å². The van der Waals surface area contributed by atoms with Gasteiger partial charge in [-0.3, -0.25) is 28.8 Å². The number of hydrogen-bond donors (Lipinski definition) is 2. The Morgan fingerprint density at radius 2 is 1.91 bits per heavy atom. The number of nitrogens with zero attached hydrogens (tertiary/aromatic N) is 3. The minimum absolute atomic E-state index is 0.0863. The number of aromatic amines is 1. The van der Waals surface area contributed by atoms with Crippen LogP contribution in [0.4, 0.5) is 4.79 Å². The van der Waals surface area contributed by atoms with Crippen molar-refractivity contribution in [3.8, 4) is 0 Å². The molecule has 1 aliphatic rings. The van der Waals surface area contributed by atoms with E-state index >= 15 is 0 Å². The smallest absolute Gasteiger partial charge is 0.293 e. The van der Waals surface area contributed by atoms with Crippen molar-refractivity contribution in [3.05, 3.63) is 68.0 Å². The molecule has 34 heavy (non-hydrogen) atoms. The van der Waals surface area contributed by atoms with Crippen molar-refractivity contribution < 1.29 is 14.4 Å². The number of benzene rings is 1. The third-order valence-electron chi connectivity index (χ3n) is 5.79. The molecule has 10 heteroatoms. The Balaban J connectivity index is 1.33. The third-order valence-corrected chi connectivity index (χ3v) is 6.69. The molecule has 1 aliphatic heterocycles. The number of H-pyrrole nitrogens is 1. The van der Waals surface area contributed by atoms with Gasteiger partial charge in [-0.2, -0.15) is 5.10 Å². The molecule has 0 spiro atoms. The van der Waals surface area contributed by atoms with Crippen LogP contribution in [-0.4, -0.2) is 49.8 Å². The number of aromatic nitrogens is 3. The summed E-state index contributed by atoms with van der Waals surface area (Å²) >= 11 is 0.891. The number of pyridine rings is 1. The van der Waals surface area contributed by atoms with Gasteiger partial charge in [0.2, 0.25) is 5.91 Å². The SMILES string of the molecule is Cc1nn(C)c2[nH]c(=O)c(CCC(=O)NCCN3C(=O)S/C(=C/c4ccccc4)C3=O)c(C)c12. The molecule has 0 atom stereocenters. The second-order valence-corrected chi connectivity index (χ2v) is 9.08. The van der Waals surface area contributed by atoms with E-state index in [1.165, 1.54) is 0 Å². The van der Waals surface area contributed by atoms with Gasteiger partial charge in [0, 0.05) is 37.5 Å². The molecule has 4 rings (SSSR count). The first-order chi connectivity index (χ1) is 16.3. The number of nitrogens with one attached hydrogen (secondary N) is 2. The molecule has 3 amide bonds. The van der Waals surface area contributed by atoms with Crippen LogP contribution in [-0.2, 0) is 23.1 Å². The highest BCUT2D eigenvalue weighted by molar-refractivity contribution is 8.18. The Morgan fingerprint density at radius 3 is 2.65 bits per heavy atom. The summed E-state index contributed by atoms with van der Waals surface area (Å²) in [6.07, 6.45) is 2.08. The summed E-state index contributed by atoms with van der Waals surface area (Å²) in [6, 6.07) is 9.30. The van der Waals surface area contributed by atoms with Crippen molar-refractivity contribution in [2.24, 2.45) is 7.05 Å². The van der Waals surface area contributed by atoms with Crippen LogP contribution in [0.15, 0.2) is 40.0 Å². The topological polar surface area (TPSA) is 117 Å². The Morgan fingerprint density at radius 1 is 1.18 bits per heavy atom. The van der Waals surface area contributed by atoms with E-state index in [4.69, 9.17) is 0 Å². The third kappa shape index (κ3) is 4.67. The quantitative estimate of drug-likeness (QED) is 0.503. The first-order valence-electron chi connectivity index (χ1n) is 10.9. The lowest BCUT2D eigenvalue weighted by Crippen LogP contribution is -2.37. The molecule has 0 bridgehead atoms. The van der Waals surface area contributed by atoms with Crippen LogP contribution in [0.5, 0.6) is 0 Å². The van der Waals surface area contributed by atoms with Gasteiger partial charge in [0.15, 0.2) is 0 Å². The summed E-state index contributed by atoms with van der Waals surface area (Å²) in [5, 5.41) is 7.62. The number of carbonyl (C=O) groups is 3. The van der Waals surface area contributed by atoms with Gasteiger partial charge in [-0.05, 0) is 49.2 Å². The molecule has 9 nitrogen and oxygen atoms in total.